The molecule has 1 aliphatic rings. The van der Waals surface area contributed by atoms with Gasteiger partial charge >= 0.3 is 5.97 Å². The second-order valence-corrected chi connectivity index (χ2v) is 22.8. The summed E-state index contributed by atoms with van der Waals surface area (Å²) in [5, 5.41) is 35.3. The van der Waals surface area contributed by atoms with Crippen molar-refractivity contribution >= 4 is 93.9 Å². The van der Waals surface area contributed by atoms with Gasteiger partial charge in [0.1, 0.15) is 48.3 Å². The van der Waals surface area contributed by atoms with Crippen molar-refractivity contribution in [1.82, 2.24) is 52.8 Å². The van der Waals surface area contributed by atoms with Gasteiger partial charge in [0.2, 0.25) is 53.2 Å². The number of carbonyl (C=O) groups is 10. The van der Waals surface area contributed by atoms with Crippen LogP contribution in [0.25, 0.3) is 10.9 Å². The molecular formula is C60H95N23O11. The van der Waals surface area contributed by atoms with Crippen molar-refractivity contribution in [2.75, 3.05) is 32.7 Å². The molecule has 9 amide bonds. The Labute approximate surface area is 544 Å². The Hall–Kier alpha value is -10.3. The number of nitrogens with one attached hydrogen (secondary N) is 10. The highest BCUT2D eigenvalue weighted by Gasteiger charge is 2.37. The maximum absolute atomic E-state index is 15.0. The fourth-order valence-corrected chi connectivity index (χ4v) is 10.2. The van der Waals surface area contributed by atoms with E-state index in [9.17, 15) is 53.1 Å². The van der Waals surface area contributed by atoms with Crippen LogP contribution in [-0.4, -0.2) is 180 Å². The number of aromatic nitrogens is 1. The van der Waals surface area contributed by atoms with Gasteiger partial charge in [-0.2, -0.15) is 0 Å². The molecule has 2 aromatic carbocycles. The number of guanidine groups is 4. The molecule has 0 bridgehead atoms. The summed E-state index contributed by atoms with van der Waals surface area (Å²) < 4.78 is 0. The fraction of sp³-hybridized carbons (Fsp3) is 0.533. The highest BCUT2D eigenvalue weighted by Crippen LogP contribution is 2.21. The first-order valence-corrected chi connectivity index (χ1v) is 31.2. The molecule has 0 spiro atoms. The molecule has 1 aromatic heterocycles. The fourth-order valence-electron chi connectivity index (χ4n) is 10.2. The predicted molar refractivity (Wildman–Crippen MR) is 354 cm³/mol. The van der Waals surface area contributed by atoms with E-state index in [2.05, 4.69) is 72.8 Å². The van der Waals surface area contributed by atoms with Crippen LogP contribution >= 0.6 is 0 Å². The highest BCUT2D eigenvalue weighted by molar-refractivity contribution is 5.99. The Morgan fingerprint density at radius 1 is 0.511 bits per heavy atom. The minimum atomic E-state index is -1.63. The Kier molecular flexibility index (Phi) is 32.3. The summed E-state index contributed by atoms with van der Waals surface area (Å²) in [6.07, 6.45) is 2.19. The van der Waals surface area contributed by atoms with Gasteiger partial charge in [0.05, 0.1) is 6.04 Å². The normalized spacial score (nSPS) is 15.4. The van der Waals surface area contributed by atoms with E-state index in [0.29, 0.717) is 18.5 Å². The van der Waals surface area contributed by atoms with Crippen LogP contribution < -0.4 is 99.5 Å². The van der Waals surface area contributed by atoms with Gasteiger partial charge in [0.15, 0.2) is 23.8 Å². The standard InChI is InChI=1S/C60H95N23O11/c1-3-33(2)47(55(92)79-41(21-12-28-73-59(66)67)51(88)80-43(56(93)94)22-13-29-74-60(68)69)83-52(89)42(23-24-46(61)84)78-50(87)39(19-10-26-71-57(62)63)76-49(86)40(20-11-27-72-58(64)65)77-54(91)45(31-35-32-75-37-17-8-7-16-36(35)37)82-53(90)44(30-34-14-5-4-6-15-34)81-48(85)38-18-9-25-70-38/h4-8,14-17,32-33,38-45,47,70,75H,3,9-13,18-31H2,1-2H3,(H2,61,84)(H,76,86)(H,77,91)(H,78,87)(H,79,92)(H,80,88)(H,81,85)(H,82,90)(H,83,89)(H,93,94)(H4,62,63,71)(H4,64,65,72)(H4,66,67,73)(H4,68,69,74)/t33-,38-,39-,40-,41-,42-,43-,44-,45-,47-/m0/s1. The number of carbonyl (C=O) groups excluding carboxylic acids is 9. The van der Waals surface area contributed by atoms with E-state index in [4.69, 9.17) is 51.6 Å². The second-order valence-electron chi connectivity index (χ2n) is 22.8. The molecule has 3 aromatic rings. The van der Waals surface area contributed by atoms with Crippen molar-refractivity contribution < 1.29 is 53.1 Å². The van der Waals surface area contributed by atoms with Crippen molar-refractivity contribution in [3.05, 3.63) is 71.9 Å². The van der Waals surface area contributed by atoms with E-state index in [1.165, 1.54) is 0 Å². The Bertz CT molecular complexity index is 3140. The topological polar surface area (TPSA) is 599 Å². The predicted octanol–water partition coefficient (Wildman–Crippen LogP) is -4.81. The maximum Gasteiger partial charge on any atom is 0.326 e. The largest absolute Gasteiger partial charge is 0.480 e. The SMILES string of the molecule is CC[C@H](C)[C@H](NC(=O)[C@H](CCC(N)=O)NC(=O)[C@H](CCCN=C(N)N)NC(=O)[C@H](CCCN=C(N)N)NC(=O)[C@H](Cc1c[nH]c2ccccc12)NC(=O)[C@H](Cc1ccccc1)NC(=O)[C@@H]1CCCN1)C(=O)N[C@@H](CCCN=C(N)N)C(=O)N[C@@H](CCCN=C(N)N)C(=O)O. The molecule has 94 heavy (non-hydrogen) atoms. The number of rotatable bonds is 42. The lowest BCUT2D eigenvalue weighted by molar-refractivity contribution is -0.142. The van der Waals surface area contributed by atoms with Crippen molar-refractivity contribution in [3.63, 3.8) is 0 Å². The summed E-state index contributed by atoms with van der Waals surface area (Å²) in [7, 11) is 0. The molecule has 1 fully saturated rings. The number of nitrogens with zero attached hydrogens (tertiary/aromatic N) is 4. The molecule has 29 N–H and O–H groups in total. The van der Waals surface area contributed by atoms with E-state index in [1.54, 1.807) is 56.4 Å². The van der Waals surface area contributed by atoms with Gasteiger partial charge in [0.25, 0.3) is 0 Å². The molecule has 34 heteroatoms. The first-order valence-electron chi connectivity index (χ1n) is 31.2. The lowest BCUT2D eigenvalue weighted by Crippen LogP contribution is -2.61. The van der Waals surface area contributed by atoms with Crippen LogP contribution in [0.1, 0.15) is 108 Å². The first-order chi connectivity index (χ1) is 44.8. The van der Waals surface area contributed by atoms with Crippen LogP contribution in [0.4, 0.5) is 0 Å². The van der Waals surface area contributed by atoms with E-state index in [1.807, 2.05) is 18.2 Å². The number of aromatic amines is 1. The molecule has 1 aliphatic heterocycles. The number of para-hydroxylation sites is 1. The summed E-state index contributed by atoms with van der Waals surface area (Å²) in [4.78, 5) is 159. The number of aliphatic imine (C=N–C) groups is 4. The van der Waals surface area contributed by atoms with E-state index < -0.39 is 132 Å². The van der Waals surface area contributed by atoms with Gasteiger partial charge in [-0.3, -0.25) is 63.1 Å². The molecule has 516 valence electrons. The van der Waals surface area contributed by atoms with Gasteiger partial charge in [-0.15, -0.1) is 0 Å². The van der Waals surface area contributed by atoms with E-state index in [0.717, 1.165) is 22.9 Å². The smallest absolute Gasteiger partial charge is 0.326 e. The minimum absolute atomic E-state index is 0.00972. The van der Waals surface area contributed by atoms with Gasteiger partial charge in [-0.05, 0) is 100 Å². The number of carboxylic acid groups (broad SMARTS) is 1. The zero-order valence-corrected chi connectivity index (χ0v) is 53.2. The van der Waals surface area contributed by atoms with Crippen molar-refractivity contribution in [1.29, 1.82) is 0 Å². The molecule has 0 saturated carbocycles. The number of hydrogen-bond acceptors (Lipinski definition) is 15. The van der Waals surface area contributed by atoms with Crippen LogP contribution in [0, 0.1) is 5.92 Å². The number of benzene rings is 2. The van der Waals surface area contributed by atoms with Crippen LogP contribution in [0.2, 0.25) is 0 Å². The zero-order valence-electron chi connectivity index (χ0n) is 53.2. The lowest BCUT2D eigenvalue weighted by Gasteiger charge is -2.29. The average molecular weight is 1310 g/mol. The van der Waals surface area contributed by atoms with Gasteiger partial charge in [-0.25, -0.2) is 4.79 Å². The van der Waals surface area contributed by atoms with Crippen molar-refractivity contribution in [2.24, 2.45) is 77.5 Å². The molecule has 10 atom stereocenters. The third-order valence-corrected chi connectivity index (χ3v) is 15.4. The van der Waals surface area contributed by atoms with Crippen molar-refractivity contribution in [2.45, 2.75) is 165 Å². The summed E-state index contributed by atoms with van der Waals surface area (Å²) in [5.41, 5.74) is 51.9. The minimum Gasteiger partial charge on any atom is -0.480 e. The molecule has 4 rings (SSSR count). The average Bonchev–Trinajstić information content (AvgIpc) is 1.71. The van der Waals surface area contributed by atoms with Gasteiger partial charge in [-0.1, -0.05) is 68.8 Å². The molecule has 0 aliphatic carbocycles. The second kappa shape index (κ2) is 39.9. The van der Waals surface area contributed by atoms with Crippen molar-refractivity contribution in [3.8, 4) is 0 Å². The molecule has 0 unspecified atom stereocenters. The van der Waals surface area contributed by atoms with Crippen LogP contribution in [-0.2, 0) is 60.8 Å². The Morgan fingerprint density at radius 3 is 1.38 bits per heavy atom. The Balaban J connectivity index is 1.69. The third kappa shape index (κ3) is 27.3. The number of primary amides is 1. The van der Waals surface area contributed by atoms with Crippen LogP contribution in [0.5, 0.6) is 0 Å². The monoisotopic (exact) mass is 1310 g/mol. The van der Waals surface area contributed by atoms with Crippen LogP contribution in [0.3, 0.4) is 0 Å². The van der Waals surface area contributed by atoms with Gasteiger partial charge in [0, 0.05) is 62.5 Å². The number of carboxylic acids is 1. The summed E-state index contributed by atoms with van der Waals surface area (Å²) >= 11 is 0. The van der Waals surface area contributed by atoms with E-state index in [-0.39, 0.29) is 121 Å². The summed E-state index contributed by atoms with van der Waals surface area (Å²) in [6.45, 7) is 3.99. The number of fused-ring (bicyclic) bond motifs is 1. The van der Waals surface area contributed by atoms with Crippen LogP contribution in [0.15, 0.2) is 80.8 Å². The quantitative estimate of drug-likeness (QED) is 0.0144. The first kappa shape index (κ1) is 76.2. The molecular weight excluding hydrogens is 1220 g/mol. The number of amides is 9. The molecule has 0 radical (unpaired) electrons. The number of nitrogens with two attached hydrogens (primary N) is 9. The molecule has 34 nitrogen and oxygen atoms in total. The lowest BCUT2D eigenvalue weighted by atomic mass is 9.96. The van der Waals surface area contributed by atoms with Gasteiger partial charge < -0.3 is 110 Å². The zero-order chi connectivity index (χ0) is 69.3. The third-order valence-electron chi connectivity index (χ3n) is 15.4. The number of H-pyrrole nitrogens is 1. The number of hydrogen-bond donors (Lipinski definition) is 20. The Morgan fingerprint density at radius 2 is 0.926 bits per heavy atom. The molecule has 1 saturated heterocycles. The summed E-state index contributed by atoms with van der Waals surface area (Å²) in [5.74, 6) is -10.5. The van der Waals surface area contributed by atoms with E-state index >= 15 is 0 Å². The highest BCUT2D eigenvalue weighted by atomic mass is 16.4. The number of aliphatic carboxylic acids is 1. The molecule has 2 heterocycles. The maximum atomic E-state index is 15.0. The summed E-state index contributed by atoms with van der Waals surface area (Å²) in [6, 6.07) is 4.26.